The Morgan fingerprint density at radius 1 is 1.05 bits per heavy atom. The molecule has 0 amide bonds. The van der Waals surface area contributed by atoms with Gasteiger partial charge in [0.15, 0.2) is 11.6 Å². The Labute approximate surface area is 123 Å². The van der Waals surface area contributed by atoms with E-state index in [4.69, 9.17) is 5.73 Å². The zero-order chi connectivity index (χ0) is 14.8. The van der Waals surface area contributed by atoms with Crippen molar-refractivity contribution in [3.8, 4) is 0 Å². The zero-order valence-corrected chi connectivity index (χ0v) is 11.7. The molecular formula is C17H18F2N2. The normalized spacial score (nSPS) is 18.8. The molecule has 0 spiro atoms. The molecule has 1 saturated heterocycles. The lowest BCUT2D eigenvalue weighted by Gasteiger charge is -2.35. The molecule has 2 nitrogen and oxygen atoms in total. The van der Waals surface area contributed by atoms with E-state index in [-0.39, 0.29) is 11.4 Å². The Bertz CT molecular complexity index is 605. The molecule has 0 aromatic heterocycles. The first-order valence-corrected chi connectivity index (χ1v) is 7.19. The second-order valence-electron chi connectivity index (χ2n) is 5.53. The molecule has 2 N–H and O–H groups in total. The highest BCUT2D eigenvalue weighted by atomic mass is 19.1. The summed E-state index contributed by atoms with van der Waals surface area (Å²) in [5, 5.41) is 0. The number of halogens is 2. The average molecular weight is 288 g/mol. The van der Waals surface area contributed by atoms with E-state index >= 15 is 0 Å². The van der Waals surface area contributed by atoms with Gasteiger partial charge in [0, 0.05) is 24.7 Å². The van der Waals surface area contributed by atoms with Gasteiger partial charge in [-0.05, 0) is 30.5 Å². The summed E-state index contributed by atoms with van der Waals surface area (Å²) in [6.07, 6.45) is 1.96. The summed E-state index contributed by atoms with van der Waals surface area (Å²) in [7, 11) is 0. The molecule has 1 aliphatic heterocycles. The second-order valence-corrected chi connectivity index (χ2v) is 5.53. The van der Waals surface area contributed by atoms with Crippen LogP contribution in [0.25, 0.3) is 0 Å². The highest BCUT2D eigenvalue weighted by Gasteiger charge is 2.25. The van der Waals surface area contributed by atoms with Crippen molar-refractivity contribution in [1.29, 1.82) is 0 Å². The van der Waals surface area contributed by atoms with Gasteiger partial charge < -0.3 is 10.6 Å². The Hall–Kier alpha value is -2.10. The van der Waals surface area contributed by atoms with Crippen LogP contribution in [0, 0.1) is 11.6 Å². The summed E-state index contributed by atoms with van der Waals surface area (Å²) < 4.78 is 28.1. The molecule has 2 aromatic rings. The molecule has 110 valence electrons. The molecule has 1 aliphatic rings. The Morgan fingerprint density at radius 2 is 1.71 bits per heavy atom. The van der Waals surface area contributed by atoms with Gasteiger partial charge in [0.05, 0.1) is 0 Å². The first kappa shape index (κ1) is 13.9. The first-order valence-electron chi connectivity index (χ1n) is 7.19. The van der Waals surface area contributed by atoms with Gasteiger partial charge in [0.2, 0.25) is 0 Å². The highest BCUT2D eigenvalue weighted by Crippen LogP contribution is 2.33. The number of anilines is 2. The highest BCUT2D eigenvalue weighted by molar-refractivity contribution is 5.56. The first-order chi connectivity index (χ1) is 10.1. The standard InChI is InChI=1S/C17H18F2N2/c18-15-9-14(20)10-16(19)17(15)21-8-4-7-13(11-21)12-5-2-1-3-6-12/h1-3,5-6,9-10,13H,4,7-8,11,20H2. The lowest BCUT2D eigenvalue weighted by molar-refractivity contribution is 0.489. The van der Waals surface area contributed by atoms with Crippen LogP contribution in [0.5, 0.6) is 0 Å². The van der Waals surface area contributed by atoms with Gasteiger partial charge in [-0.15, -0.1) is 0 Å². The molecule has 0 bridgehead atoms. The van der Waals surface area contributed by atoms with Crippen LogP contribution in [0.2, 0.25) is 0 Å². The van der Waals surface area contributed by atoms with Crippen LogP contribution in [0.4, 0.5) is 20.2 Å². The van der Waals surface area contributed by atoms with E-state index in [0.717, 1.165) is 12.8 Å². The van der Waals surface area contributed by atoms with Gasteiger partial charge in [-0.3, -0.25) is 0 Å². The van der Waals surface area contributed by atoms with Crippen molar-refractivity contribution in [1.82, 2.24) is 0 Å². The predicted octanol–water partition coefficient (Wildman–Crippen LogP) is 3.93. The van der Waals surface area contributed by atoms with Crippen molar-refractivity contribution in [2.45, 2.75) is 18.8 Å². The van der Waals surface area contributed by atoms with E-state index in [1.807, 2.05) is 18.2 Å². The molecule has 21 heavy (non-hydrogen) atoms. The molecule has 4 heteroatoms. The zero-order valence-electron chi connectivity index (χ0n) is 11.7. The predicted molar refractivity (Wildman–Crippen MR) is 81.4 cm³/mol. The Morgan fingerprint density at radius 3 is 2.38 bits per heavy atom. The molecule has 2 aromatic carbocycles. The monoisotopic (exact) mass is 288 g/mol. The van der Waals surface area contributed by atoms with Crippen LogP contribution in [0.15, 0.2) is 42.5 Å². The number of piperidine rings is 1. The van der Waals surface area contributed by atoms with Gasteiger partial charge in [0.25, 0.3) is 0 Å². The third-order valence-corrected chi connectivity index (χ3v) is 4.05. The number of benzene rings is 2. The average Bonchev–Trinajstić information content (AvgIpc) is 2.47. The number of hydrogen-bond acceptors (Lipinski definition) is 2. The van der Waals surface area contributed by atoms with Crippen LogP contribution in [-0.2, 0) is 0 Å². The maximum absolute atomic E-state index is 14.1. The number of nitrogens with zero attached hydrogens (tertiary/aromatic N) is 1. The van der Waals surface area contributed by atoms with Crippen LogP contribution >= 0.6 is 0 Å². The summed E-state index contributed by atoms with van der Waals surface area (Å²) in [5.74, 6) is -0.862. The third kappa shape index (κ3) is 2.84. The fourth-order valence-electron chi connectivity index (χ4n) is 3.06. The van der Waals surface area contributed by atoms with Gasteiger partial charge >= 0.3 is 0 Å². The van der Waals surface area contributed by atoms with Crippen molar-refractivity contribution in [2.75, 3.05) is 23.7 Å². The number of nitrogens with two attached hydrogens (primary N) is 1. The second kappa shape index (κ2) is 5.72. The van der Waals surface area contributed by atoms with Gasteiger partial charge in [-0.1, -0.05) is 30.3 Å². The summed E-state index contributed by atoms with van der Waals surface area (Å²) in [4.78, 5) is 1.80. The fraction of sp³-hybridized carbons (Fsp3) is 0.294. The van der Waals surface area contributed by atoms with Crippen molar-refractivity contribution in [2.24, 2.45) is 0 Å². The summed E-state index contributed by atoms with van der Waals surface area (Å²) in [5.41, 5.74) is 6.86. The van der Waals surface area contributed by atoms with Crippen LogP contribution in [-0.4, -0.2) is 13.1 Å². The number of hydrogen-bond donors (Lipinski definition) is 1. The Balaban J connectivity index is 1.87. The fourth-order valence-corrected chi connectivity index (χ4v) is 3.06. The maximum Gasteiger partial charge on any atom is 0.151 e. The minimum atomic E-state index is -0.582. The lowest BCUT2D eigenvalue weighted by Crippen LogP contribution is -2.35. The van der Waals surface area contributed by atoms with Crippen molar-refractivity contribution in [3.05, 3.63) is 59.7 Å². The minimum absolute atomic E-state index is 0.0461. The van der Waals surface area contributed by atoms with E-state index in [1.165, 1.54) is 17.7 Å². The van der Waals surface area contributed by atoms with Crippen LogP contribution < -0.4 is 10.6 Å². The number of rotatable bonds is 2. The molecule has 1 heterocycles. The quantitative estimate of drug-likeness (QED) is 0.848. The number of nitrogen functional groups attached to an aromatic ring is 1. The molecule has 1 fully saturated rings. The summed E-state index contributed by atoms with van der Waals surface area (Å²) >= 11 is 0. The summed E-state index contributed by atoms with van der Waals surface area (Å²) in [6.45, 7) is 1.29. The van der Waals surface area contributed by atoms with E-state index in [0.29, 0.717) is 19.0 Å². The van der Waals surface area contributed by atoms with E-state index in [9.17, 15) is 8.78 Å². The lowest BCUT2D eigenvalue weighted by atomic mass is 9.90. The minimum Gasteiger partial charge on any atom is -0.399 e. The molecule has 0 radical (unpaired) electrons. The maximum atomic E-state index is 14.1. The molecular weight excluding hydrogens is 270 g/mol. The van der Waals surface area contributed by atoms with Crippen LogP contribution in [0.1, 0.15) is 24.3 Å². The SMILES string of the molecule is Nc1cc(F)c(N2CCCC(c3ccccc3)C2)c(F)c1. The van der Waals surface area contributed by atoms with Crippen molar-refractivity contribution < 1.29 is 8.78 Å². The van der Waals surface area contributed by atoms with E-state index in [1.54, 1.807) is 4.90 Å². The van der Waals surface area contributed by atoms with Gasteiger partial charge in [-0.2, -0.15) is 0 Å². The van der Waals surface area contributed by atoms with Crippen molar-refractivity contribution >= 4 is 11.4 Å². The van der Waals surface area contributed by atoms with Crippen molar-refractivity contribution in [3.63, 3.8) is 0 Å². The van der Waals surface area contributed by atoms with Crippen LogP contribution in [0.3, 0.4) is 0 Å². The van der Waals surface area contributed by atoms with E-state index in [2.05, 4.69) is 12.1 Å². The topological polar surface area (TPSA) is 29.3 Å². The molecule has 1 atom stereocenters. The molecule has 1 unspecified atom stereocenters. The Kier molecular flexibility index (Phi) is 3.78. The third-order valence-electron chi connectivity index (χ3n) is 4.05. The molecule has 3 rings (SSSR count). The molecule has 0 saturated carbocycles. The summed E-state index contributed by atoms with van der Waals surface area (Å²) in [6, 6.07) is 12.5. The van der Waals surface area contributed by atoms with E-state index < -0.39 is 11.6 Å². The smallest absolute Gasteiger partial charge is 0.151 e. The van der Waals surface area contributed by atoms with Gasteiger partial charge in [-0.25, -0.2) is 8.78 Å². The largest absolute Gasteiger partial charge is 0.399 e. The molecule has 0 aliphatic carbocycles. The van der Waals surface area contributed by atoms with Gasteiger partial charge in [0.1, 0.15) is 5.69 Å².